The summed E-state index contributed by atoms with van der Waals surface area (Å²) in [6, 6.07) is 11.4. The zero-order valence-electron chi connectivity index (χ0n) is 29.5. The van der Waals surface area contributed by atoms with Gasteiger partial charge in [-0.1, -0.05) is 15.9 Å². The number of nitrogens with two attached hydrogens (primary N) is 1. The number of carbonyl (C=O) groups excluding carboxylic acids is 2. The minimum atomic E-state index is -4.69. The molecule has 2 aromatic rings. The van der Waals surface area contributed by atoms with Gasteiger partial charge in [0.15, 0.2) is 0 Å². The Bertz CT molecular complexity index is 1350. The normalized spacial score (nSPS) is 16.1. The van der Waals surface area contributed by atoms with Gasteiger partial charge in [0.2, 0.25) is 0 Å². The second-order valence-corrected chi connectivity index (χ2v) is 14.7. The van der Waals surface area contributed by atoms with E-state index in [1.807, 2.05) is 41.5 Å². The van der Waals surface area contributed by atoms with E-state index >= 15 is 0 Å². The number of nitrogens with zero attached hydrogens (tertiary/aromatic N) is 2. The van der Waals surface area contributed by atoms with E-state index in [4.69, 9.17) is 15.2 Å². The molecule has 2 fully saturated rings. The number of rotatable bonds is 4. The summed E-state index contributed by atoms with van der Waals surface area (Å²) in [7, 11) is 0. The van der Waals surface area contributed by atoms with Crippen LogP contribution < -0.4 is 20.5 Å². The molecule has 0 spiro atoms. The van der Waals surface area contributed by atoms with Gasteiger partial charge in [-0.2, -0.15) is 0 Å². The number of likely N-dealkylation sites (tertiary alicyclic amines) is 2. The van der Waals surface area contributed by atoms with Crippen molar-refractivity contribution >= 4 is 33.8 Å². The molecule has 0 unspecified atom stereocenters. The number of halogens is 7. The molecular weight excluding hydrogens is 754 g/mol. The van der Waals surface area contributed by atoms with Crippen molar-refractivity contribution in [3.8, 4) is 11.5 Å². The van der Waals surface area contributed by atoms with Crippen LogP contribution in [0.1, 0.15) is 67.2 Å². The van der Waals surface area contributed by atoms with E-state index in [-0.39, 0.29) is 35.8 Å². The molecule has 0 aromatic heterocycles. The Hall–Kier alpha value is -3.60. The van der Waals surface area contributed by atoms with Crippen LogP contribution in [0.4, 0.5) is 41.6 Å². The third kappa shape index (κ3) is 19.6. The molecule has 2 aliphatic heterocycles. The Labute approximate surface area is 303 Å². The van der Waals surface area contributed by atoms with Crippen LogP contribution in [0.25, 0.3) is 0 Å². The number of benzene rings is 2. The molecule has 0 atom stereocenters. The van der Waals surface area contributed by atoms with Crippen molar-refractivity contribution in [2.24, 2.45) is 5.73 Å². The van der Waals surface area contributed by atoms with Crippen molar-refractivity contribution in [2.75, 3.05) is 31.5 Å². The number of piperidine rings is 2. The first-order chi connectivity index (χ1) is 23.4. The van der Waals surface area contributed by atoms with E-state index in [1.54, 1.807) is 21.9 Å². The van der Waals surface area contributed by atoms with Crippen LogP contribution >= 0.6 is 15.9 Å². The van der Waals surface area contributed by atoms with Crippen molar-refractivity contribution in [2.45, 2.75) is 103 Å². The van der Waals surface area contributed by atoms with Crippen LogP contribution in [-0.4, -0.2) is 84.2 Å². The number of anilines is 1. The minimum Gasteiger partial charge on any atom is -0.444 e. The molecule has 2 amide bonds. The maximum absolute atomic E-state index is 12.1. The first kappa shape index (κ1) is 43.6. The predicted octanol–water partition coefficient (Wildman–Crippen LogP) is 9.09. The van der Waals surface area contributed by atoms with Gasteiger partial charge in [-0.05, 0) is 116 Å². The predicted molar refractivity (Wildman–Crippen MR) is 183 cm³/mol. The molecule has 0 radical (unpaired) electrons. The summed E-state index contributed by atoms with van der Waals surface area (Å²) in [5, 5.41) is 3.26. The van der Waals surface area contributed by atoms with Gasteiger partial charge in [0.25, 0.3) is 0 Å². The maximum atomic E-state index is 12.1. The first-order valence-electron chi connectivity index (χ1n) is 16.2. The SMILES string of the molecule is CC(C)(C)OC(=O)N1CCC(N)CC1.CC(C)(C)OC(=O)N1CCC(Nc2ccc(OC(F)(F)F)cc2)CC1.FC(F)(F)Oc1ccc(Br)cc1. The second kappa shape index (κ2) is 18.8. The highest BCUT2D eigenvalue weighted by molar-refractivity contribution is 9.10. The van der Waals surface area contributed by atoms with Gasteiger partial charge >= 0.3 is 24.9 Å². The second-order valence-electron chi connectivity index (χ2n) is 13.8. The molecule has 3 N–H and O–H groups in total. The van der Waals surface area contributed by atoms with Gasteiger partial charge in [-0.15, -0.1) is 26.3 Å². The van der Waals surface area contributed by atoms with Crippen LogP contribution in [-0.2, 0) is 9.47 Å². The van der Waals surface area contributed by atoms with E-state index in [9.17, 15) is 35.9 Å². The van der Waals surface area contributed by atoms with Crippen molar-refractivity contribution < 1.29 is 54.9 Å². The van der Waals surface area contributed by atoms with Gasteiger partial charge in [0.1, 0.15) is 22.7 Å². The highest BCUT2D eigenvalue weighted by atomic mass is 79.9. The number of nitrogens with one attached hydrogen (secondary N) is 1. The average molecular weight is 802 g/mol. The molecule has 2 aromatic carbocycles. The largest absolute Gasteiger partial charge is 0.573 e. The highest BCUT2D eigenvalue weighted by Gasteiger charge is 2.32. The fraction of sp³-hybridized carbons (Fsp3) is 0.588. The maximum Gasteiger partial charge on any atom is 0.573 e. The molecule has 10 nitrogen and oxygen atoms in total. The Balaban J connectivity index is 0.000000292. The third-order valence-corrected chi connectivity index (χ3v) is 7.37. The third-order valence-electron chi connectivity index (χ3n) is 6.84. The topological polar surface area (TPSA) is 116 Å². The number of alkyl halides is 6. The van der Waals surface area contributed by atoms with Crippen LogP contribution in [0.15, 0.2) is 53.0 Å². The summed E-state index contributed by atoms with van der Waals surface area (Å²) in [5.74, 6) is -0.469. The summed E-state index contributed by atoms with van der Waals surface area (Å²) in [4.78, 5) is 27.0. The first-order valence-corrected chi connectivity index (χ1v) is 17.0. The zero-order chi connectivity index (χ0) is 38.6. The molecule has 17 heteroatoms. The van der Waals surface area contributed by atoms with Gasteiger partial charge < -0.3 is 39.8 Å². The molecular formula is C34H47BrF6N4O6. The van der Waals surface area contributed by atoms with Gasteiger partial charge in [-0.25, -0.2) is 9.59 Å². The van der Waals surface area contributed by atoms with Crippen LogP contribution in [0.5, 0.6) is 11.5 Å². The van der Waals surface area contributed by atoms with E-state index in [0.717, 1.165) is 38.8 Å². The Morgan fingerprint density at radius 3 is 1.37 bits per heavy atom. The lowest BCUT2D eigenvalue weighted by Crippen LogP contribution is -2.44. The van der Waals surface area contributed by atoms with Crippen LogP contribution in [0.2, 0.25) is 0 Å². The number of amides is 2. The summed E-state index contributed by atoms with van der Waals surface area (Å²) < 4.78 is 90.0. The molecule has 51 heavy (non-hydrogen) atoms. The molecule has 4 rings (SSSR count). The Kier molecular flexibility index (Phi) is 16.0. The Morgan fingerprint density at radius 1 is 0.667 bits per heavy atom. The fourth-order valence-corrected chi connectivity index (χ4v) is 4.83. The fourth-order valence-electron chi connectivity index (χ4n) is 4.57. The van der Waals surface area contributed by atoms with E-state index in [1.165, 1.54) is 36.4 Å². The lowest BCUT2D eigenvalue weighted by Gasteiger charge is -2.34. The average Bonchev–Trinajstić information content (AvgIpc) is 2.98. The summed E-state index contributed by atoms with van der Waals surface area (Å²) in [6.07, 6.45) is -6.63. The van der Waals surface area contributed by atoms with Gasteiger partial charge in [-0.3, -0.25) is 0 Å². The molecule has 2 aliphatic rings. The molecule has 0 aliphatic carbocycles. The van der Waals surface area contributed by atoms with Crippen molar-refractivity contribution in [3.05, 3.63) is 53.0 Å². The quantitative estimate of drug-likeness (QED) is 0.295. The number of ether oxygens (including phenoxy) is 4. The molecule has 288 valence electrons. The molecule has 2 saturated heterocycles. The van der Waals surface area contributed by atoms with Gasteiger partial charge in [0, 0.05) is 48.4 Å². The molecule has 2 heterocycles. The lowest BCUT2D eigenvalue weighted by atomic mass is 10.0. The number of hydrogen-bond donors (Lipinski definition) is 2. The van der Waals surface area contributed by atoms with E-state index < -0.39 is 23.9 Å². The van der Waals surface area contributed by atoms with Gasteiger partial charge in [0.05, 0.1) is 0 Å². The minimum absolute atomic E-state index is 0.146. The zero-order valence-corrected chi connectivity index (χ0v) is 31.1. The summed E-state index contributed by atoms with van der Waals surface area (Å²) >= 11 is 3.09. The van der Waals surface area contributed by atoms with Crippen LogP contribution in [0, 0.1) is 0 Å². The highest BCUT2D eigenvalue weighted by Crippen LogP contribution is 2.26. The number of carbonyl (C=O) groups is 2. The molecule has 0 bridgehead atoms. The standard InChI is InChI=1S/C17H23F3N2O3.C10H20N2O2.C7H4BrF3O/c1-16(2,3)25-15(23)22-10-8-13(9-11-22)21-12-4-6-14(7-5-12)24-17(18,19)20;1-10(2,3)14-9(13)12-6-4-8(11)5-7-12;8-5-1-3-6(4-2-5)12-7(9,10)11/h4-7,13,21H,8-11H2,1-3H3;8H,4-7,11H2,1-3H3;1-4H. The van der Waals surface area contributed by atoms with Crippen molar-refractivity contribution in [1.29, 1.82) is 0 Å². The monoisotopic (exact) mass is 800 g/mol. The van der Waals surface area contributed by atoms with Crippen LogP contribution in [0.3, 0.4) is 0 Å². The lowest BCUT2D eigenvalue weighted by molar-refractivity contribution is -0.275. The summed E-state index contributed by atoms with van der Waals surface area (Å²) in [6.45, 7) is 13.7. The van der Waals surface area contributed by atoms with E-state index in [0.29, 0.717) is 23.2 Å². The Morgan fingerprint density at radius 2 is 1.02 bits per heavy atom. The number of hydrogen-bond acceptors (Lipinski definition) is 8. The molecule has 0 saturated carbocycles. The summed E-state index contributed by atoms with van der Waals surface area (Å²) in [5.41, 5.74) is 5.53. The van der Waals surface area contributed by atoms with E-state index in [2.05, 4.69) is 30.7 Å². The smallest absolute Gasteiger partial charge is 0.444 e. The van der Waals surface area contributed by atoms with Crippen molar-refractivity contribution in [3.63, 3.8) is 0 Å². The van der Waals surface area contributed by atoms with Crippen molar-refractivity contribution in [1.82, 2.24) is 9.80 Å².